The van der Waals surface area contributed by atoms with E-state index in [4.69, 9.17) is 4.74 Å². The van der Waals surface area contributed by atoms with Crippen LogP contribution in [0.1, 0.15) is 58.9 Å². The summed E-state index contributed by atoms with van der Waals surface area (Å²) in [7, 11) is 3.38. The van der Waals surface area contributed by atoms with Gasteiger partial charge in [-0.25, -0.2) is 0 Å². The summed E-state index contributed by atoms with van der Waals surface area (Å²) in [5.74, 6) is -1.05. The van der Waals surface area contributed by atoms with Crippen LogP contribution in [0.4, 0.5) is 10.5 Å². The second-order valence-electron chi connectivity index (χ2n) is 9.27. The third-order valence-corrected chi connectivity index (χ3v) is 7.12. The minimum atomic E-state index is -1.12. The summed E-state index contributed by atoms with van der Waals surface area (Å²) < 4.78 is 7.93. The van der Waals surface area contributed by atoms with Crippen molar-refractivity contribution in [1.29, 1.82) is 0 Å². The molecule has 38 heavy (non-hydrogen) atoms. The monoisotopic (exact) mass is 646 g/mol. The summed E-state index contributed by atoms with van der Waals surface area (Å²) in [6, 6.07) is 5.33. The maximum absolute atomic E-state index is 12.6. The number of unbranched alkanes of at least 4 members (excludes halogenated alkanes) is 2. The van der Waals surface area contributed by atoms with Crippen LogP contribution in [-0.2, 0) is 30.5 Å². The zero-order valence-corrected chi connectivity index (χ0v) is 25.2. The van der Waals surface area contributed by atoms with Crippen LogP contribution in [-0.4, -0.2) is 65.2 Å². The molecular formula is C26H41IN5O6-. The number of rotatable bonds is 16. The van der Waals surface area contributed by atoms with Gasteiger partial charge in [0.05, 0.1) is 0 Å². The van der Waals surface area contributed by atoms with E-state index in [1.807, 2.05) is 20.9 Å². The molecule has 0 radical (unpaired) electrons. The zero-order valence-electron chi connectivity index (χ0n) is 23.1. The molecule has 1 rings (SSSR count). The average molecular weight is 647 g/mol. The van der Waals surface area contributed by atoms with Crippen LogP contribution in [0.25, 0.3) is 0 Å². The summed E-state index contributed by atoms with van der Waals surface area (Å²) in [5.41, 5.74) is 1.23. The quantitative estimate of drug-likeness (QED) is 0.0795. The first-order valence-electron chi connectivity index (χ1n) is 12.6. The predicted octanol–water partition coefficient (Wildman–Crippen LogP) is -0.831. The van der Waals surface area contributed by atoms with Crippen LogP contribution in [0, 0.1) is 5.92 Å². The Bertz CT molecular complexity index is 941. The first-order valence-corrected chi connectivity index (χ1v) is 14.8. The molecule has 0 unspecified atom stereocenters. The third kappa shape index (κ3) is 12.7. The molecule has 0 aromatic heterocycles. The van der Waals surface area contributed by atoms with Crippen molar-refractivity contribution in [3.8, 4) is 0 Å². The Hall–Kier alpha value is -2.74. The molecule has 0 fully saturated rings. The van der Waals surface area contributed by atoms with Gasteiger partial charge in [-0.3, -0.25) is 9.59 Å². The number of nitrogens with one attached hydrogen (secondary N) is 4. The molecule has 0 saturated heterocycles. The molecule has 0 heterocycles. The summed E-state index contributed by atoms with van der Waals surface area (Å²) in [4.78, 5) is 62.0. The minimum absolute atomic E-state index is 0.0228. The molecule has 2 atom stereocenters. The van der Waals surface area contributed by atoms with E-state index in [1.54, 1.807) is 31.2 Å². The third-order valence-electron chi connectivity index (χ3n) is 5.56. The van der Waals surface area contributed by atoms with Crippen molar-refractivity contribution in [1.82, 2.24) is 19.1 Å². The average Bonchev–Trinajstić information content (AvgIpc) is 2.86. The van der Waals surface area contributed by atoms with Crippen LogP contribution >= 0.6 is 0 Å². The molecule has 0 bridgehead atoms. The van der Waals surface area contributed by atoms with Crippen molar-refractivity contribution in [2.24, 2.45) is 5.92 Å². The van der Waals surface area contributed by atoms with Crippen LogP contribution in [0.15, 0.2) is 24.3 Å². The van der Waals surface area contributed by atoms with E-state index in [0.717, 1.165) is 25.8 Å². The second kappa shape index (κ2) is 17.7. The standard InChI is InChI=1S/C26H41IN5O6/c1-17(2)23(25(36)31-27-19(4)33)32(6)26(37)38-16-20-11-13-21(14-12-20)30-24(35)18(3)29-22(34)10-8-7-9-15-28-5/h11-14,17-18,23,28H,7-10,15-16H2,1-6H3,(H,29,34)(H,30,35)(H,31,36)/q-1/t18-,23-/m0/s1. The van der Waals surface area contributed by atoms with Crippen molar-refractivity contribution in [3.05, 3.63) is 29.8 Å². The van der Waals surface area contributed by atoms with Gasteiger partial charge in [0.15, 0.2) is 0 Å². The van der Waals surface area contributed by atoms with Crippen molar-refractivity contribution in [2.45, 2.75) is 72.1 Å². The SMILES string of the molecule is CNCCCCCC(=O)N[C@@H](C)C(=O)Nc1ccc(COC(=O)N(C)[C@H](C(=O)N[I-]C(C)=O)C(C)C)cc1. The van der Waals surface area contributed by atoms with Gasteiger partial charge in [-0.15, -0.1) is 0 Å². The number of halogens is 1. The van der Waals surface area contributed by atoms with E-state index in [9.17, 15) is 24.0 Å². The number of amides is 4. The number of carbonyl (C=O) groups is 5. The Morgan fingerprint density at radius 3 is 2.21 bits per heavy atom. The summed E-state index contributed by atoms with van der Waals surface area (Å²) >= 11 is -1.12. The Labute approximate surface area is 235 Å². The normalized spacial score (nSPS) is 12.4. The number of ether oxygens (including phenoxy) is 1. The topological polar surface area (TPSA) is 146 Å². The Morgan fingerprint density at radius 1 is 0.974 bits per heavy atom. The molecule has 214 valence electrons. The molecule has 12 heteroatoms. The Balaban J connectivity index is 2.54. The molecule has 0 saturated carbocycles. The van der Waals surface area contributed by atoms with Gasteiger partial charge >= 0.3 is 152 Å². The van der Waals surface area contributed by atoms with E-state index in [2.05, 4.69) is 19.5 Å². The summed E-state index contributed by atoms with van der Waals surface area (Å²) in [6.45, 7) is 7.56. The molecule has 0 aliphatic heterocycles. The zero-order chi connectivity index (χ0) is 28.7. The number of anilines is 1. The number of hydrogen-bond acceptors (Lipinski definition) is 7. The van der Waals surface area contributed by atoms with Gasteiger partial charge in [0.2, 0.25) is 11.8 Å². The molecular weight excluding hydrogens is 605 g/mol. The molecule has 4 N–H and O–H groups in total. The molecule has 0 aliphatic carbocycles. The molecule has 1 aromatic rings. The number of carbonyl (C=O) groups excluding carboxylic acids is 5. The van der Waals surface area contributed by atoms with E-state index in [0.29, 0.717) is 17.7 Å². The van der Waals surface area contributed by atoms with Crippen molar-refractivity contribution in [2.75, 3.05) is 26.0 Å². The van der Waals surface area contributed by atoms with Gasteiger partial charge in [-0.1, -0.05) is 6.42 Å². The summed E-state index contributed by atoms with van der Waals surface area (Å²) in [6.07, 6.45) is 2.44. The summed E-state index contributed by atoms with van der Waals surface area (Å²) in [5, 5.41) is 8.53. The Kier molecular flexibility index (Phi) is 15.5. The molecule has 4 amide bonds. The predicted molar refractivity (Wildman–Crippen MR) is 140 cm³/mol. The molecule has 0 spiro atoms. The van der Waals surface area contributed by atoms with Crippen LogP contribution in [0.5, 0.6) is 0 Å². The van der Waals surface area contributed by atoms with Gasteiger partial charge in [-0.2, -0.15) is 0 Å². The number of benzene rings is 1. The van der Waals surface area contributed by atoms with Gasteiger partial charge < -0.3 is 10.6 Å². The van der Waals surface area contributed by atoms with Crippen molar-refractivity contribution < 1.29 is 50.2 Å². The van der Waals surface area contributed by atoms with E-state index in [-0.39, 0.29) is 34.0 Å². The molecule has 0 aliphatic rings. The van der Waals surface area contributed by atoms with E-state index in [1.165, 1.54) is 18.9 Å². The fourth-order valence-electron chi connectivity index (χ4n) is 3.53. The van der Waals surface area contributed by atoms with Crippen LogP contribution < -0.4 is 41.0 Å². The first kappa shape index (κ1) is 33.3. The molecule has 11 nitrogen and oxygen atoms in total. The fourth-order valence-corrected chi connectivity index (χ4v) is 4.50. The Morgan fingerprint density at radius 2 is 1.63 bits per heavy atom. The van der Waals surface area contributed by atoms with Crippen LogP contribution in [0.3, 0.4) is 0 Å². The van der Waals surface area contributed by atoms with Crippen LogP contribution in [0.2, 0.25) is 0 Å². The number of likely N-dealkylation sites (N-methyl/N-ethyl adjacent to an activating group) is 1. The first-order chi connectivity index (χ1) is 18.0. The molecule has 1 aromatic carbocycles. The fraction of sp³-hybridized carbons (Fsp3) is 0.577. The second-order valence-corrected chi connectivity index (χ2v) is 11.9. The van der Waals surface area contributed by atoms with Crippen molar-refractivity contribution in [3.63, 3.8) is 0 Å². The van der Waals surface area contributed by atoms with Gasteiger partial charge in [0.25, 0.3) is 0 Å². The van der Waals surface area contributed by atoms with E-state index >= 15 is 0 Å². The van der Waals surface area contributed by atoms with Gasteiger partial charge in [0, 0.05) is 6.42 Å². The number of hydrogen-bond donors (Lipinski definition) is 4. The van der Waals surface area contributed by atoms with Gasteiger partial charge in [0.1, 0.15) is 6.04 Å². The van der Waals surface area contributed by atoms with E-state index < -0.39 is 39.7 Å². The number of nitrogens with zero attached hydrogens (tertiary/aromatic N) is 1. The maximum atomic E-state index is 12.6. The van der Waals surface area contributed by atoms with Gasteiger partial charge in [-0.05, 0) is 33.4 Å². The van der Waals surface area contributed by atoms with Crippen molar-refractivity contribution >= 4 is 33.3 Å².